The van der Waals surface area contributed by atoms with Crippen LogP contribution in [0.15, 0.2) is 30.5 Å². The number of primary amides is 1. The molecule has 3 aromatic rings. The molecule has 0 unspecified atom stereocenters. The van der Waals surface area contributed by atoms with Crippen LogP contribution in [-0.4, -0.2) is 22.2 Å². The van der Waals surface area contributed by atoms with Gasteiger partial charge in [-0.1, -0.05) is 18.2 Å². The number of carbonyl (C=O) groups is 1. The van der Waals surface area contributed by atoms with Crippen LogP contribution in [0.25, 0.3) is 11.3 Å². The molecule has 0 bridgehead atoms. The van der Waals surface area contributed by atoms with Crippen molar-refractivity contribution >= 4 is 17.2 Å². The van der Waals surface area contributed by atoms with Gasteiger partial charge in [-0.15, -0.1) is 11.3 Å². The summed E-state index contributed by atoms with van der Waals surface area (Å²) in [6, 6.07) is 5.18. The summed E-state index contributed by atoms with van der Waals surface area (Å²) in [5, 5.41) is 4.29. The monoisotopic (exact) mass is 436 g/mol. The first-order chi connectivity index (χ1) is 14.0. The molecule has 0 saturated carbocycles. The molecule has 5 nitrogen and oxygen atoms in total. The largest absolute Gasteiger partial charge is 0.416 e. The molecule has 1 aromatic carbocycles. The van der Waals surface area contributed by atoms with E-state index in [9.17, 15) is 18.0 Å². The molecule has 30 heavy (non-hydrogen) atoms. The van der Waals surface area contributed by atoms with E-state index < -0.39 is 17.6 Å². The topological polar surface area (TPSA) is 86.9 Å². The van der Waals surface area contributed by atoms with E-state index >= 15 is 0 Å². The van der Waals surface area contributed by atoms with Gasteiger partial charge < -0.3 is 11.5 Å². The Bertz CT molecular complexity index is 1070. The van der Waals surface area contributed by atoms with Crippen molar-refractivity contribution in [3.05, 3.63) is 62.5 Å². The van der Waals surface area contributed by atoms with E-state index in [1.54, 1.807) is 24.0 Å². The molecule has 2 heterocycles. The van der Waals surface area contributed by atoms with Crippen molar-refractivity contribution in [2.75, 3.05) is 6.54 Å². The molecule has 1 amide bonds. The van der Waals surface area contributed by atoms with Crippen molar-refractivity contribution in [2.45, 2.75) is 32.4 Å². The van der Waals surface area contributed by atoms with Crippen molar-refractivity contribution in [3.8, 4) is 11.3 Å². The zero-order chi connectivity index (χ0) is 22.2. The van der Waals surface area contributed by atoms with Crippen LogP contribution in [0.5, 0.6) is 0 Å². The van der Waals surface area contributed by atoms with E-state index in [0.29, 0.717) is 16.0 Å². The number of alkyl halides is 3. The predicted octanol–water partition coefficient (Wildman–Crippen LogP) is 4.17. The number of amides is 1. The van der Waals surface area contributed by atoms with Crippen LogP contribution in [0.3, 0.4) is 0 Å². The minimum atomic E-state index is -4.43. The van der Waals surface area contributed by atoms with Crippen molar-refractivity contribution in [1.29, 1.82) is 0 Å². The van der Waals surface area contributed by atoms with E-state index in [2.05, 4.69) is 5.10 Å². The van der Waals surface area contributed by atoms with Crippen LogP contribution >= 0.6 is 11.3 Å². The standard InChI is InChI=1S/C21H23F3N4OS/c1-11-10-27-28(3)18(11)16-12(2)30-19(20(26)29)17(16)14(9-25)7-13-5-4-6-15(8-13)21(22,23)24/h4-6,8,10,14H,7,9,25H2,1-3H3,(H2,26,29)/t14-/m1/s1. The second kappa shape index (κ2) is 8.23. The van der Waals surface area contributed by atoms with Crippen molar-refractivity contribution < 1.29 is 18.0 Å². The van der Waals surface area contributed by atoms with Crippen molar-refractivity contribution in [3.63, 3.8) is 0 Å². The highest BCUT2D eigenvalue weighted by Crippen LogP contribution is 2.42. The third-order valence-corrected chi connectivity index (χ3v) is 6.27. The predicted molar refractivity (Wildman–Crippen MR) is 111 cm³/mol. The first-order valence-corrected chi connectivity index (χ1v) is 10.1. The summed E-state index contributed by atoms with van der Waals surface area (Å²) >= 11 is 1.28. The van der Waals surface area contributed by atoms with E-state index in [-0.39, 0.29) is 18.9 Å². The fourth-order valence-corrected chi connectivity index (χ4v) is 4.89. The van der Waals surface area contributed by atoms with Gasteiger partial charge in [0.1, 0.15) is 0 Å². The molecule has 0 aliphatic heterocycles. The number of rotatable bonds is 6. The number of nitrogens with two attached hydrogens (primary N) is 2. The van der Waals surface area contributed by atoms with Gasteiger partial charge in [0.15, 0.2) is 0 Å². The Morgan fingerprint density at radius 1 is 1.30 bits per heavy atom. The molecule has 0 radical (unpaired) electrons. The van der Waals surface area contributed by atoms with Crippen molar-refractivity contribution in [2.24, 2.45) is 18.5 Å². The molecule has 9 heteroatoms. The van der Waals surface area contributed by atoms with Gasteiger partial charge in [0, 0.05) is 23.4 Å². The summed E-state index contributed by atoms with van der Waals surface area (Å²) in [6.07, 6.45) is -2.45. The summed E-state index contributed by atoms with van der Waals surface area (Å²) in [4.78, 5) is 13.5. The third kappa shape index (κ3) is 4.13. The van der Waals surface area contributed by atoms with E-state index in [1.807, 2.05) is 13.8 Å². The van der Waals surface area contributed by atoms with Crippen LogP contribution < -0.4 is 11.5 Å². The normalized spacial score (nSPS) is 12.9. The van der Waals surface area contributed by atoms with Crippen LogP contribution in [0.1, 0.15) is 42.7 Å². The third-order valence-electron chi connectivity index (χ3n) is 5.13. The Hall–Kier alpha value is -2.65. The lowest BCUT2D eigenvalue weighted by atomic mass is 9.86. The van der Waals surface area contributed by atoms with E-state index in [0.717, 1.165) is 33.8 Å². The molecule has 0 spiro atoms. The van der Waals surface area contributed by atoms with Crippen LogP contribution in [0.2, 0.25) is 0 Å². The lowest BCUT2D eigenvalue weighted by Gasteiger charge is -2.19. The average Bonchev–Trinajstić information content (AvgIpc) is 3.18. The maximum absolute atomic E-state index is 13.1. The molecule has 160 valence electrons. The van der Waals surface area contributed by atoms with Gasteiger partial charge in [0.25, 0.3) is 5.91 Å². The molecule has 0 fully saturated rings. The summed E-state index contributed by atoms with van der Waals surface area (Å²) in [6.45, 7) is 3.95. The Morgan fingerprint density at radius 2 is 2.00 bits per heavy atom. The lowest BCUT2D eigenvalue weighted by molar-refractivity contribution is -0.137. The fourth-order valence-electron chi connectivity index (χ4n) is 3.80. The van der Waals surface area contributed by atoms with Gasteiger partial charge in [-0.2, -0.15) is 18.3 Å². The Balaban J connectivity index is 2.14. The molecule has 0 aliphatic rings. The van der Waals surface area contributed by atoms with Crippen LogP contribution in [-0.2, 0) is 19.6 Å². The Labute approximate surface area is 176 Å². The number of nitrogens with zero attached hydrogens (tertiary/aromatic N) is 2. The number of benzene rings is 1. The highest BCUT2D eigenvalue weighted by atomic mass is 32.1. The quantitative estimate of drug-likeness (QED) is 0.608. The minimum absolute atomic E-state index is 0.149. The SMILES string of the molecule is Cc1cnn(C)c1-c1c(C)sc(C(N)=O)c1[C@@H](CN)Cc1cccc(C(F)(F)F)c1. The zero-order valence-electron chi connectivity index (χ0n) is 16.9. The van der Waals surface area contributed by atoms with Gasteiger partial charge >= 0.3 is 6.18 Å². The first kappa shape index (κ1) is 22.0. The number of aryl methyl sites for hydroxylation is 3. The number of aromatic nitrogens is 2. The average molecular weight is 437 g/mol. The van der Waals surface area contributed by atoms with Crippen molar-refractivity contribution in [1.82, 2.24) is 9.78 Å². The maximum atomic E-state index is 13.1. The minimum Gasteiger partial charge on any atom is -0.365 e. The van der Waals surface area contributed by atoms with Gasteiger partial charge in [-0.3, -0.25) is 9.48 Å². The van der Waals surface area contributed by atoms with E-state index in [4.69, 9.17) is 11.5 Å². The molecule has 0 saturated heterocycles. The van der Waals surface area contributed by atoms with Crippen LogP contribution in [0.4, 0.5) is 13.2 Å². The number of thiophene rings is 1. The molecule has 2 aromatic heterocycles. The van der Waals surface area contributed by atoms with E-state index in [1.165, 1.54) is 17.4 Å². The molecular weight excluding hydrogens is 413 g/mol. The molecule has 1 atom stereocenters. The maximum Gasteiger partial charge on any atom is 0.416 e. The second-order valence-electron chi connectivity index (χ2n) is 7.27. The fraction of sp³-hybridized carbons (Fsp3) is 0.333. The lowest BCUT2D eigenvalue weighted by Crippen LogP contribution is -2.20. The summed E-state index contributed by atoms with van der Waals surface area (Å²) in [5.74, 6) is -0.961. The smallest absolute Gasteiger partial charge is 0.365 e. The second-order valence-corrected chi connectivity index (χ2v) is 8.50. The highest BCUT2D eigenvalue weighted by Gasteiger charge is 2.32. The Kier molecular flexibility index (Phi) is 6.05. The molecule has 0 aliphatic carbocycles. The molecule has 4 N–H and O–H groups in total. The number of carbonyl (C=O) groups excluding carboxylic acids is 1. The van der Waals surface area contributed by atoms with Gasteiger partial charge in [-0.05, 0) is 49.6 Å². The number of hydrogen-bond acceptors (Lipinski definition) is 4. The first-order valence-electron chi connectivity index (χ1n) is 9.32. The summed E-state index contributed by atoms with van der Waals surface area (Å²) < 4.78 is 41.1. The van der Waals surface area contributed by atoms with Gasteiger partial charge in [0.2, 0.25) is 0 Å². The summed E-state index contributed by atoms with van der Waals surface area (Å²) in [7, 11) is 1.80. The summed E-state index contributed by atoms with van der Waals surface area (Å²) in [5.41, 5.74) is 14.8. The Morgan fingerprint density at radius 3 is 2.53 bits per heavy atom. The van der Waals surface area contributed by atoms with Gasteiger partial charge in [-0.25, -0.2) is 0 Å². The zero-order valence-corrected chi connectivity index (χ0v) is 17.7. The number of halogens is 3. The molecular formula is C21H23F3N4OS. The molecule has 3 rings (SSSR count). The highest BCUT2D eigenvalue weighted by molar-refractivity contribution is 7.14. The van der Waals surface area contributed by atoms with Gasteiger partial charge in [0.05, 0.1) is 22.3 Å². The number of hydrogen-bond donors (Lipinski definition) is 2. The van der Waals surface area contributed by atoms with Crippen LogP contribution in [0, 0.1) is 13.8 Å².